The van der Waals surface area contributed by atoms with Crippen LogP contribution in [0.15, 0.2) is 55.2 Å². The summed E-state index contributed by atoms with van der Waals surface area (Å²) in [5, 5.41) is 4.98. The summed E-state index contributed by atoms with van der Waals surface area (Å²) in [6.07, 6.45) is 7.71. The van der Waals surface area contributed by atoms with Crippen LogP contribution in [0.25, 0.3) is 55.1 Å². The molecule has 0 amide bonds. The molecule has 6 aromatic rings. The van der Waals surface area contributed by atoms with Gasteiger partial charge >= 0.3 is 0 Å². The number of hydrogen-bond donors (Lipinski definition) is 3. The summed E-state index contributed by atoms with van der Waals surface area (Å²) in [7, 11) is 1.57. The Morgan fingerprint density at radius 2 is 1.68 bits per heavy atom. The van der Waals surface area contributed by atoms with Gasteiger partial charge in [-0.2, -0.15) is 0 Å². The molecule has 0 spiro atoms. The van der Waals surface area contributed by atoms with E-state index in [-0.39, 0.29) is 22.6 Å². The van der Waals surface area contributed by atoms with E-state index >= 15 is 0 Å². The Morgan fingerprint density at radius 3 is 2.45 bits per heavy atom. The first-order chi connectivity index (χ1) is 19.4. The third-order valence-corrected chi connectivity index (χ3v) is 8.47. The minimum atomic E-state index is -0.352. The molecule has 0 aliphatic heterocycles. The monoisotopic (exact) mass is 538 g/mol. The van der Waals surface area contributed by atoms with Crippen LogP contribution < -0.4 is 21.3 Å². The predicted molar refractivity (Wildman–Crippen MR) is 157 cm³/mol. The van der Waals surface area contributed by atoms with Gasteiger partial charge in [0.15, 0.2) is 11.0 Å². The lowest BCUT2D eigenvalue weighted by Gasteiger charge is -2.21. The number of ether oxygens (including phenoxy) is 1. The second-order valence-electron chi connectivity index (χ2n) is 10.9. The van der Waals surface area contributed by atoms with Crippen LogP contribution in [0.4, 0.5) is 0 Å². The van der Waals surface area contributed by atoms with Gasteiger partial charge in [0.25, 0.3) is 11.1 Å². The molecule has 0 atom stereocenters. The molecule has 1 saturated carbocycles. The molecule has 0 saturated heterocycles. The van der Waals surface area contributed by atoms with Crippen LogP contribution in [0.1, 0.15) is 56.6 Å². The van der Waals surface area contributed by atoms with E-state index in [0.29, 0.717) is 55.7 Å². The smallest absolute Gasteiger partial charge is 0.274 e. The Bertz CT molecular complexity index is 2120. The van der Waals surface area contributed by atoms with Crippen molar-refractivity contribution in [3.8, 4) is 16.9 Å². The van der Waals surface area contributed by atoms with Gasteiger partial charge in [0.1, 0.15) is 17.0 Å². The molecule has 2 aromatic carbocycles. The number of fused-ring (bicyclic) bond motifs is 5. The van der Waals surface area contributed by atoms with Crippen molar-refractivity contribution >= 4 is 44.0 Å². The summed E-state index contributed by atoms with van der Waals surface area (Å²) in [6, 6.07) is 10.6. The number of aromatic nitrogens is 4. The molecule has 4 heterocycles. The van der Waals surface area contributed by atoms with Crippen molar-refractivity contribution in [1.29, 1.82) is 0 Å². The predicted octanol–water partition coefficient (Wildman–Crippen LogP) is 6.03. The number of aromatic amines is 3. The van der Waals surface area contributed by atoms with Gasteiger partial charge in [0, 0.05) is 22.6 Å². The lowest BCUT2D eigenvalue weighted by molar-refractivity contribution is 0.353. The van der Waals surface area contributed by atoms with Gasteiger partial charge in [-0.15, -0.1) is 0 Å². The maximum atomic E-state index is 13.7. The average molecular weight is 539 g/mol. The van der Waals surface area contributed by atoms with E-state index in [0.717, 1.165) is 36.5 Å². The normalized spacial score (nSPS) is 15.2. The van der Waals surface area contributed by atoms with Gasteiger partial charge < -0.3 is 19.1 Å². The molecule has 4 aromatic heterocycles. The zero-order valence-corrected chi connectivity index (χ0v) is 22.5. The molecule has 0 radical (unpaired) electrons. The number of furan rings is 1. The fourth-order valence-electron chi connectivity index (χ4n) is 6.33. The number of benzene rings is 2. The summed E-state index contributed by atoms with van der Waals surface area (Å²) >= 11 is 0. The van der Waals surface area contributed by atoms with E-state index in [2.05, 4.69) is 15.1 Å². The highest BCUT2D eigenvalue weighted by Crippen LogP contribution is 2.39. The Labute approximate surface area is 227 Å². The van der Waals surface area contributed by atoms with Gasteiger partial charge in [-0.25, -0.2) is 0 Å². The molecule has 204 valence electrons. The Balaban J connectivity index is 1.60. The van der Waals surface area contributed by atoms with E-state index in [4.69, 9.17) is 9.15 Å². The first-order valence-electron chi connectivity index (χ1n) is 13.9. The van der Waals surface area contributed by atoms with Gasteiger partial charge in [-0.3, -0.25) is 24.2 Å². The number of nitrogens with one attached hydrogen (secondary N) is 3. The summed E-state index contributed by atoms with van der Waals surface area (Å²) < 4.78 is 13.6. The quantitative estimate of drug-likeness (QED) is 0.254. The number of H-pyrrole nitrogens is 3. The van der Waals surface area contributed by atoms with Gasteiger partial charge in [-0.1, -0.05) is 32.1 Å². The van der Waals surface area contributed by atoms with Crippen LogP contribution in [0, 0.1) is 6.92 Å². The minimum Gasteiger partial charge on any atom is -0.497 e. The molecule has 0 unspecified atom stereocenters. The van der Waals surface area contributed by atoms with Crippen molar-refractivity contribution in [3.63, 3.8) is 0 Å². The highest BCUT2D eigenvalue weighted by atomic mass is 16.5. The largest absolute Gasteiger partial charge is 0.497 e. The third kappa shape index (κ3) is 3.71. The Morgan fingerprint density at radius 1 is 0.900 bits per heavy atom. The highest BCUT2D eigenvalue weighted by molar-refractivity contribution is 6.15. The van der Waals surface area contributed by atoms with E-state index in [9.17, 15) is 14.4 Å². The Kier molecular flexibility index (Phi) is 5.69. The van der Waals surface area contributed by atoms with Crippen LogP contribution in [0.3, 0.4) is 0 Å². The molecule has 7 rings (SSSR count). The zero-order valence-electron chi connectivity index (χ0n) is 22.5. The standard InChI is InChI=1S/C31H30N4O5/c1-16-23(36)13-12-20-26-28(40-27(16)20)24(21-14-17-10-11-19(39-2)15-22(17)32-30(21)37)25-29(33-26)35(34-31(25)38)18-8-6-4-3-5-7-9-18/h10-15,18,33H,3-9H2,1-2H3,(H,32,37)(H,34,38). The second kappa shape index (κ2) is 9.29. The van der Waals surface area contributed by atoms with Crippen LogP contribution in [-0.2, 0) is 0 Å². The molecule has 1 aliphatic rings. The van der Waals surface area contributed by atoms with Crippen LogP contribution in [0.5, 0.6) is 5.75 Å². The van der Waals surface area contributed by atoms with E-state index in [1.54, 1.807) is 32.2 Å². The maximum absolute atomic E-state index is 13.7. The van der Waals surface area contributed by atoms with Gasteiger partial charge in [0.05, 0.1) is 35.1 Å². The topological polar surface area (TPSA) is 126 Å². The molecule has 0 bridgehead atoms. The zero-order chi connectivity index (χ0) is 27.5. The van der Waals surface area contributed by atoms with E-state index in [1.165, 1.54) is 25.3 Å². The summed E-state index contributed by atoms with van der Waals surface area (Å²) in [6.45, 7) is 1.73. The lowest BCUT2D eigenvalue weighted by Crippen LogP contribution is -2.15. The minimum absolute atomic E-state index is 0.127. The number of hydrogen-bond acceptors (Lipinski definition) is 5. The van der Waals surface area contributed by atoms with Crippen LogP contribution >= 0.6 is 0 Å². The number of aryl methyl sites for hydroxylation is 1. The number of nitrogens with zero attached hydrogens (tertiary/aromatic N) is 1. The van der Waals surface area contributed by atoms with Crippen molar-refractivity contribution in [3.05, 3.63) is 72.9 Å². The highest BCUT2D eigenvalue weighted by Gasteiger charge is 2.26. The summed E-state index contributed by atoms with van der Waals surface area (Å²) in [5.74, 6) is 0.629. The van der Waals surface area contributed by atoms with Crippen molar-refractivity contribution in [1.82, 2.24) is 19.7 Å². The second-order valence-corrected chi connectivity index (χ2v) is 10.9. The first kappa shape index (κ1) is 24.5. The van der Waals surface area contributed by atoms with E-state index in [1.807, 2.05) is 16.8 Å². The average Bonchev–Trinajstić information content (AvgIpc) is 3.47. The maximum Gasteiger partial charge on any atom is 0.274 e. The fraction of sp³-hybridized carbons (Fsp3) is 0.323. The number of pyridine rings is 2. The summed E-state index contributed by atoms with van der Waals surface area (Å²) in [4.78, 5) is 46.3. The fourth-order valence-corrected chi connectivity index (χ4v) is 6.33. The SMILES string of the molecule is COc1ccc2cc(-c3c4oc5c(C)c(=O)ccc5c4[nH]c4c3c(=O)[nH]n4C3CCCCCCC3)c(=O)[nH]c2c1. The number of methoxy groups -OCH3 is 1. The van der Waals surface area contributed by atoms with Crippen LogP contribution in [0.2, 0.25) is 0 Å². The van der Waals surface area contributed by atoms with Gasteiger partial charge in [-0.05, 0) is 55.5 Å². The molecule has 1 fully saturated rings. The molecule has 3 N–H and O–H groups in total. The molecule has 9 heteroatoms. The van der Waals surface area contributed by atoms with Crippen molar-refractivity contribution < 1.29 is 9.15 Å². The summed E-state index contributed by atoms with van der Waals surface area (Å²) in [5.41, 5.74) is 3.15. The molecule has 9 nitrogen and oxygen atoms in total. The van der Waals surface area contributed by atoms with Crippen molar-refractivity contribution in [2.24, 2.45) is 0 Å². The van der Waals surface area contributed by atoms with E-state index < -0.39 is 0 Å². The number of rotatable bonds is 3. The molecular formula is C31H30N4O5. The van der Waals surface area contributed by atoms with Gasteiger partial charge in [0.2, 0.25) is 0 Å². The molecule has 1 aliphatic carbocycles. The van der Waals surface area contributed by atoms with Crippen LogP contribution in [-0.4, -0.2) is 26.9 Å². The lowest BCUT2D eigenvalue weighted by atomic mass is 9.96. The van der Waals surface area contributed by atoms with Crippen molar-refractivity contribution in [2.45, 2.75) is 57.9 Å². The Hall–Kier alpha value is -4.53. The first-order valence-corrected chi connectivity index (χ1v) is 13.9. The van der Waals surface area contributed by atoms with Crippen molar-refractivity contribution in [2.75, 3.05) is 7.11 Å². The molecule has 40 heavy (non-hydrogen) atoms. The molecular weight excluding hydrogens is 508 g/mol. The third-order valence-electron chi connectivity index (χ3n) is 8.47.